The van der Waals surface area contributed by atoms with Gasteiger partial charge in [0.15, 0.2) is 0 Å². The highest BCUT2D eigenvalue weighted by Crippen LogP contribution is 2.31. The van der Waals surface area contributed by atoms with E-state index in [0.29, 0.717) is 0 Å². The topological polar surface area (TPSA) is 17.1 Å². The number of ketones is 1. The molecule has 96 valence electrons. The lowest BCUT2D eigenvalue weighted by atomic mass is 9.95. The molecule has 0 aliphatic carbocycles. The summed E-state index contributed by atoms with van der Waals surface area (Å²) in [6, 6.07) is 8.03. The van der Waals surface area contributed by atoms with E-state index in [-0.39, 0.29) is 11.2 Å². The molecule has 0 spiro atoms. The van der Waals surface area contributed by atoms with Gasteiger partial charge in [0.05, 0.1) is 9.75 Å². The summed E-state index contributed by atoms with van der Waals surface area (Å²) in [7, 11) is 0. The number of hydrogen-bond acceptors (Lipinski definition) is 3. The second-order valence-corrected chi connectivity index (χ2v) is 7.61. The van der Waals surface area contributed by atoms with Gasteiger partial charge in [0.2, 0.25) is 5.78 Å². The second-order valence-electron chi connectivity index (χ2n) is 5.36. The molecule has 0 radical (unpaired) electrons. The Morgan fingerprint density at radius 1 is 1.06 bits per heavy atom. The zero-order valence-corrected chi connectivity index (χ0v) is 12.9. The van der Waals surface area contributed by atoms with Crippen LogP contribution in [0.2, 0.25) is 0 Å². The quantitative estimate of drug-likeness (QED) is 0.730. The Kier molecular flexibility index (Phi) is 3.74. The van der Waals surface area contributed by atoms with E-state index in [1.165, 1.54) is 9.75 Å². The summed E-state index contributed by atoms with van der Waals surface area (Å²) in [5.74, 6) is 0.167. The van der Waals surface area contributed by atoms with Gasteiger partial charge in [-0.1, -0.05) is 27.7 Å². The minimum absolute atomic E-state index is 0.118. The van der Waals surface area contributed by atoms with Crippen LogP contribution in [0.4, 0.5) is 0 Å². The van der Waals surface area contributed by atoms with Gasteiger partial charge in [0, 0.05) is 9.75 Å². The zero-order valence-electron chi connectivity index (χ0n) is 11.2. The first-order valence-electron chi connectivity index (χ1n) is 6.15. The molecule has 0 saturated heterocycles. The molecule has 1 nitrogen and oxygen atoms in total. The van der Waals surface area contributed by atoms with E-state index in [2.05, 4.69) is 39.8 Å². The second kappa shape index (κ2) is 4.98. The van der Waals surface area contributed by atoms with Gasteiger partial charge < -0.3 is 0 Å². The zero-order chi connectivity index (χ0) is 13.3. The van der Waals surface area contributed by atoms with Gasteiger partial charge in [-0.2, -0.15) is 0 Å². The third-order valence-corrected chi connectivity index (χ3v) is 5.54. The molecule has 0 N–H and O–H groups in total. The minimum Gasteiger partial charge on any atom is -0.287 e. The molecule has 0 aliphatic rings. The van der Waals surface area contributed by atoms with Gasteiger partial charge in [-0.15, -0.1) is 22.7 Å². The van der Waals surface area contributed by atoms with E-state index < -0.39 is 0 Å². The van der Waals surface area contributed by atoms with Gasteiger partial charge in [0.1, 0.15) is 0 Å². The van der Waals surface area contributed by atoms with E-state index in [9.17, 15) is 4.79 Å². The van der Waals surface area contributed by atoms with Crippen molar-refractivity contribution >= 4 is 28.5 Å². The van der Waals surface area contributed by atoms with Crippen molar-refractivity contribution in [1.29, 1.82) is 0 Å². The van der Waals surface area contributed by atoms with Crippen LogP contribution in [0.15, 0.2) is 24.3 Å². The van der Waals surface area contributed by atoms with Crippen LogP contribution >= 0.6 is 22.7 Å². The Morgan fingerprint density at radius 3 is 2.17 bits per heavy atom. The van der Waals surface area contributed by atoms with Crippen LogP contribution in [-0.4, -0.2) is 5.78 Å². The predicted octanol–water partition coefficient (Wildman–Crippen LogP) is 4.90. The summed E-state index contributed by atoms with van der Waals surface area (Å²) >= 11 is 3.23. The van der Waals surface area contributed by atoms with Crippen molar-refractivity contribution in [2.75, 3.05) is 0 Å². The van der Waals surface area contributed by atoms with Crippen LogP contribution in [0, 0.1) is 0 Å². The first-order valence-corrected chi connectivity index (χ1v) is 7.79. The molecule has 0 unspecified atom stereocenters. The maximum absolute atomic E-state index is 12.3. The molecule has 0 amide bonds. The van der Waals surface area contributed by atoms with Crippen LogP contribution in [0.1, 0.15) is 52.0 Å². The standard InChI is InChI=1S/C15H18OS2/c1-5-10-6-7-11(17-10)14(16)12-8-9-13(18-12)15(2,3)4/h6-9H,5H2,1-4H3. The van der Waals surface area contributed by atoms with Crippen LogP contribution < -0.4 is 0 Å². The lowest BCUT2D eigenvalue weighted by molar-refractivity contribution is 0.104. The van der Waals surface area contributed by atoms with Crippen molar-refractivity contribution in [2.45, 2.75) is 39.5 Å². The van der Waals surface area contributed by atoms with E-state index in [1.54, 1.807) is 22.7 Å². The summed E-state index contributed by atoms with van der Waals surface area (Å²) in [6.45, 7) is 8.64. The number of carbonyl (C=O) groups excluding carboxylic acids is 1. The number of thiophene rings is 2. The fourth-order valence-corrected chi connectivity index (χ4v) is 3.66. The number of carbonyl (C=O) groups is 1. The van der Waals surface area contributed by atoms with Gasteiger partial charge in [-0.3, -0.25) is 4.79 Å². The number of rotatable bonds is 3. The van der Waals surface area contributed by atoms with Gasteiger partial charge >= 0.3 is 0 Å². The van der Waals surface area contributed by atoms with Crippen molar-refractivity contribution in [1.82, 2.24) is 0 Å². The fraction of sp³-hybridized carbons (Fsp3) is 0.400. The third kappa shape index (κ3) is 2.73. The molecule has 2 rings (SSSR count). The molecule has 0 aromatic carbocycles. The third-order valence-electron chi connectivity index (χ3n) is 2.80. The summed E-state index contributed by atoms with van der Waals surface area (Å²) in [4.78, 5) is 16.6. The fourth-order valence-electron chi connectivity index (χ4n) is 1.67. The molecule has 3 heteroatoms. The highest BCUT2D eigenvalue weighted by Gasteiger charge is 2.19. The van der Waals surface area contributed by atoms with Crippen LogP contribution in [0.3, 0.4) is 0 Å². The molecular weight excluding hydrogens is 260 g/mol. The minimum atomic E-state index is 0.118. The monoisotopic (exact) mass is 278 g/mol. The predicted molar refractivity (Wildman–Crippen MR) is 80.1 cm³/mol. The van der Waals surface area contributed by atoms with Gasteiger partial charge in [-0.25, -0.2) is 0 Å². The van der Waals surface area contributed by atoms with Crippen molar-refractivity contribution in [3.05, 3.63) is 43.8 Å². The van der Waals surface area contributed by atoms with Crippen molar-refractivity contribution < 1.29 is 4.79 Å². The Morgan fingerprint density at radius 2 is 1.67 bits per heavy atom. The molecule has 0 saturated carbocycles. The first kappa shape index (κ1) is 13.5. The van der Waals surface area contributed by atoms with Gasteiger partial charge in [0.25, 0.3) is 0 Å². The number of hydrogen-bond donors (Lipinski definition) is 0. The Labute approximate surface area is 116 Å². The molecular formula is C15H18OS2. The van der Waals surface area contributed by atoms with Crippen molar-refractivity contribution in [3.63, 3.8) is 0 Å². The Bertz CT molecular complexity index is 555. The maximum Gasteiger partial charge on any atom is 0.212 e. The molecule has 2 aromatic heterocycles. The van der Waals surface area contributed by atoms with E-state index in [4.69, 9.17) is 0 Å². The molecule has 0 atom stereocenters. The Balaban J connectivity index is 2.26. The van der Waals surface area contributed by atoms with E-state index in [1.807, 2.05) is 12.1 Å². The van der Waals surface area contributed by atoms with Crippen LogP contribution in [0.25, 0.3) is 0 Å². The van der Waals surface area contributed by atoms with Gasteiger partial charge in [-0.05, 0) is 36.1 Å². The normalized spacial score (nSPS) is 11.8. The SMILES string of the molecule is CCc1ccc(C(=O)c2ccc(C(C)(C)C)s2)s1. The lowest BCUT2D eigenvalue weighted by Crippen LogP contribution is -2.07. The van der Waals surface area contributed by atoms with Crippen molar-refractivity contribution in [3.8, 4) is 0 Å². The molecule has 0 bridgehead atoms. The Hall–Kier alpha value is -0.930. The lowest BCUT2D eigenvalue weighted by Gasteiger charge is -2.15. The summed E-state index contributed by atoms with van der Waals surface area (Å²) in [5.41, 5.74) is 0.118. The summed E-state index contributed by atoms with van der Waals surface area (Å²) in [5, 5.41) is 0. The average molecular weight is 278 g/mol. The average Bonchev–Trinajstić information content (AvgIpc) is 2.96. The molecule has 18 heavy (non-hydrogen) atoms. The molecule has 2 aromatic rings. The van der Waals surface area contributed by atoms with E-state index in [0.717, 1.165) is 16.2 Å². The molecule has 2 heterocycles. The smallest absolute Gasteiger partial charge is 0.212 e. The highest BCUT2D eigenvalue weighted by atomic mass is 32.1. The molecule has 0 fully saturated rings. The maximum atomic E-state index is 12.3. The first-order chi connectivity index (χ1) is 8.41. The summed E-state index contributed by atoms with van der Waals surface area (Å²) in [6.07, 6.45) is 0.996. The molecule has 0 aliphatic heterocycles. The highest BCUT2D eigenvalue weighted by molar-refractivity contribution is 7.17. The van der Waals surface area contributed by atoms with Crippen LogP contribution in [-0.2, 0) is 11.8 Å². The summed E-state index contributed by atoms with van der Waals surface area (Å²) < 4.78 is 0. The number of aryl methyl sites for hydroxylation is 1. The largest absolute Gasteiger partial charge is 0.287 e. The van der Waals surface area contributed by atoms with E-state index >= 15 is 0 Å². The van der Waals surface area contributed by atoms with Crippen molar-refractivity contribution in [2.24, 2.45) is 0 Å². The van der Waals surface area contributed by atoms with Crippen LogP contribution in [0.5, 0.6) is 0 Å².